The van der Waals surface area contributed by atoms with Gasteiger partial charge < -0.3 is 15.0 Å². The third-order valence-electron chi connectivity index (χ3n) is 3.44. The summed E-state index contributed by atoms with van der Waals surface area (Å²) in [6.07, 6.45) is 4.64. The molecule has 2 aromatic rings. The van der Waals surface area contributed by atoms with Crippen LogP contribution >= 0.6 is 0 Å². The summed E-state index contributed by atoms with van der Waals surface area (Å²) in [6, 6.07) is 6.13. The van der Waals surface area contributed by atoms with E-state index in [0.29, 0.717) is 6.54 Å². The first-order chi connectivity index (χ1) is 9.80. The second kappa shape index (κ2) is 7.29. The molecule has 0 saturated carbocycles. The van der Waals surface area contributed by atoms with Crippen LogP contribution in [0.3, 0.4) is 0 Å². The number of hydrogen-bond donors (Lipinski definition) is 1. The summed E-state index contributed by atoms with van der Waals surface area (Å²) in [5.74, 6) is 1.85. The Bertz CT molecular complexity index is 548. The Balaban J connectivity index is 2.26. The van der Waals surface area contributed by atoms with Crippen LogP contribution in [0.2, 0.25) is 0 Å². The molecule has 110 valence electrons. The second-order valence-electron chi connectivity index (χ2n) is 5.09. The summed E-state index contributed by atoms with van der Waals surface area (Å²) >= 11 is 0. The monoisotopic (exact) mass is 275 g/mol. The fourth-order valence-electron chi connectivity index (χ4n) is 2.39. The maximum atomic E-state index is 5.82. The molecule has 1 heterocycles. The van der Waals surface area contributed by atoms with Crippen LogP contribution in [0.4, 0.5) is 0 Å². The number of hydrogen-bond acceptors (Lipinski definition) is 3. The Labute approximate surface area is 120 Å². The molecular weight excluding hydrogens is 250 g/mol. The van der Waals surface area contributed by atoms with Gasteiger partial charge in [0.05, 0.1) is 24.2 Å². The van der Waals surface area contributed by atoms with Crippen molar-refractivity contribution in [2.75, 3.05) is 6.61 Å². The average Bonchev–Trinajstić information content (AvgIpc) is 2.82. The van der Waals surface area contributed by atoms with Gasteiger partial charge in [0.1, 0.15) is 11.6 Å². The zero-order valence-corrected chi connectivity index (χ0v) is 12.6. The van der Waals surface area contributed by atoms with E-state index < -0.39 is 0 Å². The van der Waals surface area contributed by atoms with Gasteiger partial charge in [0.15, 0.2) is 0 Å². The lowest BCUT2D eigenvalue weighted by atomic mass is 10.2. The molecule has 0 fully saturated rings. The summed E-state index contributed by atoms with van der Waals surface area (Å²) < 4.78 is 7.91. The Hall–Kier alpha value is -1.55. The maximum absolute atomic E-state index is 5.82. The topological polar surface area (TPSA) is 53.1 Å². The second-order valence-corrected chi connectivity index (χ2v) is 5.09. The Morgan fingerprint density at radius 2 is 2.05 bits per heavy atom. The number of nitrogens with zero attached hydrogens (tertiary/aromatic N) is 2. The highest BCUT2D eigenvalue weighted by molar-refractivity contribution is 5.77. The molecule has 1 aromatic heterocycles. The molecule has 0 aliphatic heterocycles. The molecule has 0 spiro atoms. The molecule has 0 aliphatic carbocycles. The number of ether oxygens (including phenoxy) is 1. The van der Waals surface area contributed by atoms with Crippen molar-refractivity contribution in [1.82, 2.24) is 9.55 Å². The van der Waals surface area contributed by atoms with Crippen LogP contribution in [-0.4, -0.2) is 16.2 Å². The maximum Gasteiger partial charge on any atom is 0.123 e. The van der Waals surface area contributed by atoms with Gasteiger partial charge in [-0.3, -0.25) is 0 Å². The van der Waals surface area contributed by atoms with E-state index in [1.807, 2.05) is 12.1 Å². The summed E-state index contributed by atoms with van der Waals surface area (Å²) in [5, 5.41) is 0. The molecule has 0 saturated heterocycles. The van der Waals surface area contributed by atoms with E-state index in [2.05, 4.69) is 29.5 Å². The molecule has 0 bridgehead atoms. The van der Waals surface area contributed by atoms with Crippen LogP contribution in [-0.2, 0) is 13.1 Å². The molecule has 2 N–H and O–H groups in total. The molecule has 1 aromatic carbocycles. The third kappa shape index (κ3) is 3.31. The summed E-state index contributed by atoms with van der Waals surface area (Å²) in [4.78, 5) is 4.64. The quantitative estimate of drug-likeness (QED) is 0.750. The first kappa shape index (κ1) is 14.9. The largest absolute Gasteiger partial charge is 0.494 e. The lowest BCUT2D eigenvalue weighted by molar-refractivity contribution is 0.318. The van der Waals surface area contributed by atoms with E-state index in [1.165, 1.54) is 19.3 Å². The predicted octanol–water partition coefficient (Wildman–Crippen LogP) is 3.47. The van der Waals surface area contributed by atoms with Crippen molar-refractivity contribution in [3.8, 4) is 5.75 Å². The van der Waals surface area contributed by atoms with Gasteiger partial charge in [-0.2, -0.15) is 0 Å². The smallest absolute Gasteiger partial charge is 0.123 e. The summed E-state index contributed by atoms with van der Waals surface area (Å²) in [5.41, 5.74) is 7.96. The van der Waals surface area contributed by atoms with Crippen LogP contribution in [0.25, 0.3) is 11.0 Å². The predicted molar refractivity (Wildman–Crippen MR) is 82.9 cm³/mol. The summed E-state index contributed by atoms with van der Waals surface area (Å²) in [6.45, 7) is 6.53. The van der Waals surface area contributed by atoms with E-state index in [-0.39, 0.29) is 0 Å². The van der Waals surface area contributed by atoms with Crippen molar-refractivity contribution in [3.63, 3.8) is 0 Å². The number of fused-ring (bicyclic) bond motifs is 1. The van der Waals surface area contributed by atoms with Crippen LogP contribution < -0.4 is 10.5 Å². The van der Waals surface area contributed by atoms with Crippen LogP contribution in [0.5, 0.6) is 5.75 Å². The fraction of sp³-hybridized carbons (Fsp3) is 0.562. The molecule has 20 heavy (non-hydrogen) atoms. The summed E-state index contributed by atoms with van der Waals surface area (Å²) in [7, 11) is 0. The molecule has 0 amide bonds. The minimum absolute atomic E-state index is 0.478. The van der Waals surface area contributed by atoms with E-state index in [4.69, 9.17) is 10.5 Å². The van der Waals surface area contributed by atoms with E-state index in [0.717, 1.165) is 42.2 Å². The van der Waals surface area contributed by atoms with Crippen molar-refractivity contribution in [1.29, 1.82) is 0 Å². The molecule has 4 heteroatoms. The number of benzene rings is 1. The number of rotatable bonds is 8. The zero-order chi connectivity index (χ0) is 14.4. The van der Waals surface area contributed by atoms with Gasteiger partial charge in [-0.05, 0) is 25.0 Å². The number of unbranched alkanes of at least 4 members (excludes halogenated alkanes) is 2. The van der Waals surface area contributed by atoms with Crippen LogP contribution in [0, 0.1) is 0 Å². The van der Waals surface area contributed by atoms with E-state index in [9.17, 15) is 0 Å². The molecular formula is C16H25N3O. The normalized spacial score (nSPS) is 11.2. The number of nitrogens with two attached hydrogens (primary N) is 1. The van der Waals surface area contributed by atoms with Gasteiger partial charge in [0.25, 0.3) is 0 Å². The van der Waals surface area contributed by atoms with E-state index >= 15 is 0 Å². The van der Waals surface area contributed by atoms with Crippen molar-refractivity contribution in [3.05, 3.63) is 24.0 Å². The lowest BCUT2D eigenvalue weighted by Gasteiger charge is -2.08. The molecule has 0 radical (unpaired) electrons. The Kier molecular flexibility index (Phi) is 5.41. The highest BCUT2D eigenvalue weighted by Crippen LogP contribution is 2.22. The first-order valence-electron chi connectivity index (χ1n) is 7.62. The van der Waals surface area contributed by atoms with Gasteiger partial charge in [-0.25, -0.2) is 4.98 Å². The van der Waals surface area contributed by atoms with Gasteiger partial charge >= 0.3 is 0 Å². The Morgan fingerprint density at radius 3 is 2.75 bits per heavy atom. The fourth-order valence-corrected chi connectivity index (χ4v) is 2.39. The average molecular weight is 275 g/mol. The first-order valence-corrected chi connectivity index (χ1v) is 7.62. The highest BCUT2D eigenvalue weighted by Gasteiger charge is 2.10. The third-order valence-corrected chi connectivity index (χ3v) is 3.44. The van der Waals surface area contributed by atoms with Crippen molar-refractivity contribution < 1.29 is 4.74 Å². The SMILES string of the molecule is CCCCCn1c(CN)nc2cc(OCCC)ccc21. The molecule has 0 unspecified atom stereocenters. The van der Waals surface area contributed by atoms with Gasteiger partial charge in [-0.15, -0.1) is 0 Å². The minimum atomic E-state index is 0.478. The van der Waals surface area contributed by atoms with Crippen molar-refractivity contribution in [2.24, 2.45) is 5.73 Å². The lowest BCUT2D eigenvalue weighted by Crippen LogP contribution is -2.08. The molecule has 2 rings (SSSR count). The van der Waals surface area contributed by atoms with Gasteiger partial charge in [0, 0.05) is 12.6 Å². The number of aromatic nitrogens is 2. The van der Waals surface area contributed by atoms with Crippen LogP contribution in [0.15, 0.2) is 18.2 Å². The van der Waals surface area contributed by atoms with Crippen molar-refractivity contribution in [2.45, 2.75) is 52.6 Å². The Morgan fingerprint density at radius 1 is 1.20 bits per heavy atom. The molecule has 4 nitrogen and oxygen atoms in total. The molecule has 0 atom stereocenters. The number of imidazole rings is 1. The van der Waals surface area contributed by atoms with Crippen molar-refractivity contribution >= 4 is 11.0 Å². The van der Waals surface area contributed by atoms with Gasteiger partial charge in [-0.1, -0.05) is 26.7 Å². The molecule has 0 aliphatic rings. The van der Waals surface area contributed by atoms with Gasteiger partial charge in [0.2, 0.25) is 0 Å². The van der Waals surface area contributed by atoms with Crippen LogP contribution in [0.1, 0.15) is 45.4 Å². The minimum Gasteiger partial charge on any atom is -0.494 e. The number of aryl methyl sites for hydroxylation is 1. The standard InChI is InChI=1S/C16H25N3O/c1-3-5-6-9-19-15-8-7-13(20-10-4-2)11-14(15)18-16(19)12-17/h7-8,11H,3-6,9-10,12,17H2,1-2H3. The zero-order valence-electron chi connectivity index (χ0n) is 12.6. The highest BCUT2D eigenvalue weighted by atomic mass is 16.5. The van der Waals surface area contributed by atoms with E-state index in [1.54, 1.807) is 0 Å².